The van der Waals surface area contributed by atoms with Gasteiger partial charge in [0.1, 0.15) is 40.1 Å². The summed E-state index contributed by atoms with van der Waals surface area (Å²) in [5.41, 5.74) is 2.28. The zero-order valence-corrected chi connectivity index (χ0v) is 20.5. The summed E-state index contributed by atoms with van der Waals surface area (Å²) in [7, 11) is 1.63. The molecule has 3 aromatic carbocycles. The van der Waals surface area contributed by atoms with E-state index in [1.165, 1.54) is 0 Å². The summed E-state index contributed by atoms with van der Waals surface area (Å²) in [5.74, 6) is 2.31. The van der Waals surface area contributed by atoms with E-state index in [0.29, 0.717) is 29.2 Å². The molecule has 0 radical (unpaired) electrons. The van der Waals surface area contributed by atoms with Crippen LogP contribution in [0.3, 0.4) is 0 Å². The van der Waals surface area contributed by atoms with E-state index in [-0.39, 0.29) is 23.8 Å². The number of carbonyl (C=O) groups is 1. The molecular formula is C30H25NO6. The first-order valence-electron chi connectivity index (χ1n) is 12.1. The van der Waals surface area contributed by atoms with Crippen molar-refractivity contribution in [3.05, 3.63) is 94.0 Å². The van der Waals surface area contributed by atoms with Crippen LogP contribution >= 0.6 is 0 Å². The average molecular weight is 496 g/mol. The molecule has 186 valence electrons. The number of fused-ring (bicyclic) bond motifs is 3. The summed E-state index contributed by atoms with van der Waals surface area (Å²) in [4.78, 5) is 25.9. The number of hydrogen-bond donors (Lipinski definition) is 1. The molecule has 6 rings (SSSR count). The minimum atomic E-state index is -0.520. The van der Waals surface area contributed by atoms with Crippen LogP contribution in [0.25, 0.3) is 33.1 Å². The second-order valence-electron chi connectivity index (χ2n) is 9.25. The van der Waals surface area contributed by atoms with E-state index >= 15 is 0 Å². The number of rotatable bonds is 6. The fourth-order valence-electron chi connectivity index (χ4n) is 4.93. The van der Waals surface area contributed by atoms with Gasteiger partial charge in [-0.2, -0.15) is 0 Å². The first-order valence-corrected chi connectivity index (χ1v) is 12.1. The van der Waals surface area contributed by atoms with Crippen molar-refractivity contribution in [2.24, 2.45) is 0 Å². The number of aryl methyl sites for hydroxylation is 1. The molecule has 0 bridgehead atoms. The number of ether oxygens (including phenoxy) is 2. The molecule has 1 amide bonds. The topological polar surface area (TPSA) is 90.9 Å². The molecule has 0 aliphatic carbocycles. The van der Waals surface area contributed by atoms with Gasteiger partial charge in [-0.25, -0.2) is 4.79 Å². The Balaban J connectivity index is 1.31. The minimum absolute atomic E-state index is 0.0313. The number of hydrogen-bond acceptors (Lipinski definition) is 6. The van der Waals surface area contributed by atoms with Gasteiger partial charge in [0.15, 0.2) is 0 Å². The summed E-state index contributed by atoms with van der Waals surface area (Å²) in [6.45, 7) is 2.06. The lowest BCUT2D eigenvalue weighted by Gasteiger charge is -2.12. The lowest BCUT2D eigenvalue weighted by molar-refractivity contribution is -0.120. The first kappa shape index (κ1) is 22.9. The molecular weight excluding hydrogens is 470 g/mol. The van der Waals surface area contributed by atoms with Gasteiger partial charge in [0.25, 0.3) is 0 Å². The van der Waals surface area contributed by atoms with E-state index < -0.39 is 5.63 Å². The molecule has 2 aromatic heterocycles. The van der Waals surface area contributed by atoms with Gasteiger partial charge < -0.3 is 23.6 Å². The van der Waals surface area contributed by atoms with Crippen molar-refractivity contribution in [1.29, 1.82) is 0 Å². The van der Waals surface area contributed by atoms with E-state index in [1.54, 1.807) is 20.1 Å². The Morgan fingerprint density at radius 2 is 1.84 bits per heavy atom. The SMILES string of the molecule is COc1ccc2cc(-c3oc4cc(C)oc(=O)c4c3CC(=O)NCC3Cc4ccccc4O3)ccc2c1. The van der Waals surface area contributed by atoms with Gasteiger partial charge in [0, 0.05) is 23.6 Å². The quantitative estimate of drug-likeness (QED) is 0.349. The molecule has 1 unspecified atom stereocenters. The number of methoxy groups -OCH3 is 1. The highest BCUT2D eigenvalue weighted by Gasteiger charge is 2.25. The molecule has 0 spiro atoms. The summed E-state index contributed by atoms with van der Waals surface area (Å²) in [6.07, 6.45) is 0.574. The molecule has 1 aliphatic rings. The normalized spacial score (nSPS) is 14.5. The number of furan rings is 1. The highest BCUT2D eigenvalue weighted by molar-refractivity contribution is 5.95. The van der Waals surface area contributed by atoms with Crippen molar-refractivity contribution < 1.29 is 23.1 Å². The standard InChI is InChI=1S/C30H25NO6/c1-17-11-26-28(30(33)35-17)24(15-27(32)31-16-23-14-20-5-3-4-6-25(20)36-23)29(37-26)21-8-7-19-13-22(34-2)10-9-18(19)12-21/h3-13,23H,14-16H2,1-2H3,(H,31,32). The third kappa shape index (κ3) is 4.33. The molecule has 0 saturated heterocycles. The third-order valence-electron chi connectivity index (χ3n) is 6.71. The van der Waals surface area contributed by atoms with Crippen LogP contribution in [0.15, 0.2) is 80.4 Å². The Hall–Kier alpha value is -4.52. The largest absolute Gasteiger partial charge is 0.497 e. The van der Waals surface area contributed by atoms with Crippen molar-refractivity contribution >= 4 is 27.6 Å². The van der Waals surface area contributed by atoms with Gasteiger partial charge >= 0.3 is 5.63 Å². The highest BCUT2D eigenvalue weighted by Crippen LogP contribution is 2.35. The summed E-state index contributed by atoms with van der Waals surface area (Å²) >= 11 is 0. The molecule has 7 nitrogen and oxygen atoms in total. The monoisotopic (exact) mass is 495 g/mol. The second kappa shape index (κ2) is 9.17. The zero-order chi connectivity index (χ0) is 25.5. The van der Waals surface area contributed by atoms with Gasteiger partial charge in [-0.05, 0) is 47.5 Å². The van der Waals surface area contributed by atoms with E-state index in [9.17, 15) is 9.59 Å². The lowest BCUT2D eigenvalue weighted by atomic mass is 10.0. The van der Waals surface area contributed by atoms with E-state index in [4.69, 9.17) is 18.3 Å². The Kier molecular flexibility index (Phi) is 5.68. The predicted octanol–water partition coefficient (Wildman–Crippen LogP) is 5.19. The van der Waals surface area contributed by atoms with Gasteiger partial charge in [0.05, 0.1) is 20.1 Å². The van der Waals surface area contributed by atoms with E-state index in [0.717, 1.165) is 39.8 Å². The molecule has 5 aromatic rings. The molecule has 1 N–H and O–H groups in total. The average Bonchev–Trinajstić information content (AvgIpc) is 3.48. The fourth-order valence-corrected chi connectivity index (χ4v) is 4.93. The number of benzene rings is 3. The summed E-state index contributed by atoms with van der Waals surface area (Å²) in [5, 5.41) is 5.24. The van der Waals surface area contributed by atoms with Gasteiger partial charge in [-0.15, -0.1) is 0 Å². The van der Waals surface area contributed by atoms with Crippen LogP contribution in [-0.4, -0.2) is 25.7 Å². The van der Waals surface area contributed by atoms with Crippen LogP contribution in [0, 0.1) is 6.92 Å². The number of nitrogens with one attached hydrogen (secondary N) is 1. The van der Waals surface area contributed by atoms with Crippen LogP contribution in [0.4, 0.5) is 0 Å². The van der Waals surface area contributed by atoms with Crippen LogP contribution in [0.5, 0.6) is 11.5 Å². The predicted molar refractivity (Wildman–Crippen MR) is 140 cm³/mol. The minimum Gasteiger partial charge on any atom is -0.497 e. The van der Waals surface area contributed by atoms with Crippen molar-refractivity contribution in [3.63, 3.8) is 0 Å². The molecule has 0 fully saturated rings. The van der Waals surface area contributed by atoms with Gasteiger partial charge in [-0.3, -0.25) is 4.79 Å². The number of amides is 1. The van der Waals surface area contributed by atoms with Crippen LogP contribution in [0.2, 0.25) is 0 Å². The first-order chi connectivity index (χ1) is 18.0. The second-order valence-corrected chi connectivity index (χ2v) is 9.25. The zero-order valence-electron chi connectivity index (χ0n) is 20.5. The fraction of sp³-hybridized carbons (Fsp3) is 0.200. The maximum atomic E-state index is 13.1. The molecule has 0 saturated carbocycles. The maximum absolute atomic E-state index is 13.1. The van der Waals surface area contributed by atoms with E-state index in [1.807, 2.05) is 60.7 Å². The summed E-state index contributed by atoms with van der Waals surface area (Å²) in [6, 6.07) is 21.2. The molecule has 7 heteroatoms. The van der Waals surface area contributed by atoms with Gasteiger partial charge in [0.2, 0.25) is 5.91 Å². The van der Waals surface area contributed by atoms with Gasteiger partial charge in [-0.1, -0.05) is 36.4 Å². The smallest absolute Gasteiger partial charge is 0.347 e. The van der Waals surface area contributed by atoms with E-state index in [2.05, 4.69) is 5.32 Å². The van der Waals surface area contributed by atoms with Crippen LogP contribution in [-0.2, 0) is 17.6 Å². The molecule has 1 atom stereocenters. The van der Waals surface area contributed by atoms with Crippen molar-refractivity contribution in [3.8, 4) is 22.8 Å². The van der Waals surface area contributed by atoms with Crippen LogP contribution < -0.4 is 20.4 Å². The third-order valence-corrected chi connectivity index (χ3v) is 6.71. The summed E-state index contributed by atoms with van der Waals surface area (Å²) < 4.78 is 22.8. The Morgan fingerprint density at radius 3 is 2.68 bits per heavy atom. The van der Waals surface area contributed by atoms with Crippen LogP contribution in [0.1, 0.15) is 16.9 Å². The molecule has 1 aliphatic heterocycles. The maximum Gasteiger partial charge on any atom is 0.347 e. The van der Waals surface area contributed by atoms with Crippen molar-refractivity contribution in [2.45, 2.75) is 25.9 Å². The van der Waals surface area contributed by atoms with Crippen molar-refractivity contribution in [2.75, 3.05) is 13.7 Å². The number of carbonyl (C=O) groups excluding carboxylic acids is 1. The lowest BCUT2D eigenvalue weighted by Crippen LogP contribution is -2.35. The Labute approximate surface area is 212 Å². The molecule has 37 heavy (non-hydrogen) atoms. The van der Waals surface area contributed by atoms with Crippen molar-refractivity contribution in [1.82, 2.24) is 5.32 Å². The number of para-hydroxylation sites is 1. The Bertz CT molecular complexity index is 1690. The Morgan fingerprint density at radius 1 is 1.03 bits per heavy atom. The highest BCUT2D eigenvalue weighted by atomic mass is 16.5. The molecule has 3 heterocycles.